The van der Waals surface area contributed by atoms with Crippen molar-refractivity contribution in [1.29, 1.82) is 0 Å². The Bertz CT molecular complexity index is 267. The number of nitrogens with zero attached hydrogens (tertiary/aromatic N) is 2. The van der Waals surface area contributed by atoms with Gasteiger partial charge in [-0.3, -0.25) is 9.80 Å². The van der Waals surface area contributed by atoms with Crippen LogP contribution in [0, 0.1) is 0 Å². The minimum Gasteiger partial charge on any atom is -0.317 e. The number of nitrogens with one attached hydrogen (secondary N) is 1. The van der Waals surface area contributed by atoms with Gasteiger partial charge in [0.15, 0.2) is 0 Å². The van der Waals surface area contributed by atoms with E-state index >= 15 is 0 Å². The summed E-state index contributed by atoms with van der Waals surface area (Å²) in [5, 5.41) is 3.31. The molecule has 1 saturated heterocycles. The lowest BCUT2D eigenvalue weighted by Crippen LogP contribution is -2.53. The molecule has 1 N–H and O–H groups in total. The van der Waals surface area contributed by atoms with Gasteiger partial charge in [-0.05, 0) is 32.7 Å². The van der Waals surface area contributed by atoms with E-state index < -0.39 is 12.7 Å². The molecule has 112 valence electrons. The summed E-state index contributed by atoms with van der Waals surface area (Å²) in [6.45, 7) is 1.90. The first-order valence-corrected chi connectivity index (χ1v) is 7.18. The molecule has 19 heavy (non-hydrogen) atoms. The topological polar surface area (TPSA) is 18.5 Å². The van der Waals surface area contributed by atoms with Gasteiger partial charge in [-0.1, -0.05) is 0 Å². The van der Waals surface area contributed by atoms with Crippen LogP contribution in [0.2, 0.25) is 0 Å². The van der Waals surface area contributed by atoms with Crippen molar-refractivity contribution in [2.75, 3.05) is 39.8 Å². The molecule has 0 aromatic rings. The van der Waals surface area contributed by atoms with Crippen molar-refractivity contribution in [2.24, 2.45) is 0 Å². The maximum absolute atomic E-state index is 12.3. The van der Waals surface area contributed by atoms with E-state index in [-0.39, 0.29) is 0 Å². The second-order valence-corrected chi connectivity index (χ2v) is 5.72. The van der Waals surface area contributed by atoms with E-state index in [1.165, 1.54) is 30.6 Å². The van der Waals surface area contributed by atoms with Crippen LogP contribution in [0.15, 0.2) is 0 Å². The van der Waals surface area contributed by atoms with Crippen molar-refractivity contribution in [3.63, 3.8) is 0 Å². The monoisotopic (exact) mass is 279 g/mol. The molecule has 0 aromatic heterocycles. The first-order chi connectivity index (χ1) is 8.98. The Morgan fingerprint density at radius 2 is 1.58 bits per heavy atom. The van der Waals surface area contributed by atoms with Crippen molar-refractivity contribution in [3.05, 3.63) is 0 Å². The van der Waals surface area contributed by atoms with Crippen molar-refractivity contribution in [1.82, 2.24) is 15.1 Å². The lowest BCUT2D eigenvalue weighted by atomic mass is 9.90. The Hall–Kier alpha value is -0.330. The third-order valence-electron chi connectivity index (χ3n) is 4.43. The smallest absolute Gasteiger partial charge is 0.317 e. The molecule has 6 heteroatoms. The molecular formula is C13H24F3N3. The van der Waals surface area contributed by atoms with Crippen molar-refractivity contribution >= 4 is 0 Å². The highest BCUT2D eigenvalue weighted by molar-refractivity contribution is 4.85. The van der Waals surface area contributed by atoms with Crippen LogP contribution in [-0.2, 0) is 0 Å². The van der Waals surface area contributed by atoms with Crippen LogP contribution >= 0.6 is 0 Å². The molecule has 1 aliphatic heterocycles. The Balaban J connectivity index is 1.72. The first kappa shape index (κ1) is 15.1. The predicted molar refractivity (Wildman–Crippen MR) is 69.2 cm³/mol. The quantitative estimate of drug-likeness (QED) is 0.848. The number of hydrogen-bond donors (Lipinski definition) is 1. The number of piperazine rings is 1. The normalized spacial score (nSPS) is 31.6. The molecule has 0 spiro atoms. The van der Waals surface area contributed by atoms with Crippen LogP contribution in [0.25, 0.3) is 0 Å². The highest BCUT2D eigenvalue weighted by Crippen LogP contribution is 2.24. The SMILES string of the molecule is CNC1CCC(N2CCN(CC(F)(F)F)CC2)CC1. The summed E-state index contributed by atoms with van der Waals surface area (Å²) in [5.74, 6) is 0. The molecule has 0 aromatic carbocycles. The number of hydrogen-bond acceptors (Lipinski definition) is 3. The van der Waals surface area contributed by atoms with Gasteiger partial charge in [0.25, 0.3) is 0 Å². The number of rotatable bonds is 3. The van der Waals surface area contributed by atoms with Gasteiger partial charge in [0.05, 0.1) is 6.54 Å². The third-order valence-corrected chi connectivity index (χ3v) is 4.43. The molecule has 3 nitrogen and oxygen atoms in total. The Morgan fingerprint density at radius 1 is 1.00 bits per heavy atom. The highest BCUT2D eigenvalue weighted by Gasteiger charge is 2.33. The summed E-state index contributed by atoms with van der Waals surface area (Å²) in [7, 11) is 2.00. The lowest BCUT2D eigenvalue weighted by molar-refractivity contribution is -0.150. The Labute approximate surface area is 113 Å². The highest BCUT2D eigenvalue weighted by atomic mass is 19.4. The fourth-order valence-corrected chi connectivity index (χ4v) is 3.27. The van der Waals surface area contributed by atoms with Crippen LogP contribution in [0.3, 0.4) is 0 Å². The zero-order valence-corrected chi connectivity index (χ0v) is 11.5. The Morgan fingerprint density at radius 3 is 2.05 bits per heavy atom. The molecule has 0 bridgehead atoms. The van der Waals surface area contributed by atoms with Gasteiger partial charge in [0.1, 0.15) is 0 Å². The van der Waals surface area contributed by atoms with E-state index in [0.717, 1.165) is 13.1 Å². The average molecular weight is 279 g/mol. The number of alkyl halides is 3. The molecule has 2 rings (SSSR count). The molecule has 1 aliphatic carbocycles. The van der Waals surface area contributed by atoms with Gasteiger partial charge in [-0.15, -0.1) is 0 Å². The van der Waals surface area contributed by atoms with E-state index in [1.807, 2.05) is 7.05 Å². The Kier molecular flexibility index (Phi) is 5.09. The van der Waals surface area contributed by atoms with Gasteiger partial charge in [0, 0.05) is 38.3 Å². The maximum atomic E-state index is 12.3. The van der Waals surface area contributed by atoms with Gasteiger partial charge >= 0.3 is 6.18 Å². The van der Waals surface area contributed by atoms with E-state index in [2.05, 4.69) is 10.2 Å². The van der Waals surface area contributed by atoms with Crippen molar-refractivity contribution in [2.45, 2.75) is 43.9 Å². The fourth-order valence-electron chi connectivity index (χ4n) is 3.27. The lowest BCUT2D eigenvalue weighted by Gasteiger charge is -2.42. The molecule has 0 atom stereocenters. The van der Waals surface area contributed by atoms with Crippen LogP contribution in [0.1, 0.15) is 25.7 Å². The molecule has 0 unspecified atom stereocenters. The largest absolute Gasteiger partial charge is 0.401 e. The van der Waals surface area contributed by atoms with E-state index in [0.29, 0.717) is 25.2 Å². The number of halogens is 3. The van der Waals surface area contributed by atoms with E-state index in [9.17, 15) is 13.2 Å². The van der Waals surface area contributed by atoms with Gasteiger partial charge < -0.3 is 5.32 Å². The van der Waals surface area contributed by atoms with E-state index in [4.69, 9.17) is 0 Å². The zero-order chi connectivity index (χ0) is 13.9. The molecule has 2 aliphatic rings. The van der Waals surface area contributed by atoms with Gasteiger partial charge in [-0.25, -0.2) is 0 Å². The standard InChI is InChI=1S/C13H24F3N3/c1-17-11-2-4-12(5-3-11)19-8-6-18(7-9-19)10-13(14,15)16/h11-12,17H,2-10H2,1H3. The van der Waals surface area contributed by atoms with Crippen molar-refractivity contribution in [3.8, 4) is 0 Å². The van der Waals surface area contributed by atoms with Gasteiger partial charge in [-0.2, -0.15) is 13.2 Å². The van der Waals surface area contributed by atoms with E-state index in [1.54, 1.807) is 0 Å². The fraction of sp³-hybridized carbons (Fsp3) is 1.00. The summed E-state index contributed by atoms with van der Waals surface area (Å²) in [6.07, 6.45) is 0.649. The summed E-state index contributed by atoms with van der Waals surface area (Å²) < 4.78 is 36.9. The minimum atomic E-state index is -4.06. The van der Waals surface area contributed by atoms with Crippen molar-refractivity contribution < 1.29 is 13.2 Å². The summed E-state index contributed by atoms with van der Waals surface area (Å²) in [4.78, 5) is 3.91. The van der Waals surface area contributed by atoms with Crippen LogP contribution in [-0.4, -0.2) is 67.8 Å². The molecule has 1 saturated carbocycles. The average Bonchev–Trinajstić information content (AvgIpc) is 2.38. The summed E-state index contributed by atoms with van der Waals surface area (Å²) >= 11 is 0. The molecular weight excluding hydrogens is 255 g/mol. The zero-order valence-electron chi connectivity index (χ0n) is 11.5. The predicted octanol–water partition coefficient (Wildman–Crippen LogP) is 1.70. The summed E-state index contributed by atoms with van der Waals surface area (Å²) in [6, 6.07) is 1.21. The van der Waals surface area contributed by atoms with Gasteiger partial charge in [0.2, 0.25) is 0 Å². The maximum Gasteiger partial charge on any atom is 0.401 e. The van der Waals surface area contributed by atoms with Crippen LogP contribution < -0.4 is 5.32 Å². The molecule has 1 heterocycles. The second kappa shape index (κ2) is 6.41. The third kappa shape index (κ3) is 4.61. The van der Waals surface area contributed by atoms with Crippen LogP contribution in [0.5, 0.6) is 0 Å². The second-order valence-electron chi connectivity index (χ2n) is 5.72. The molecule has 0 radical (unpaired) electrons. The van der Waals surface area contributed by atoms with Crippen LogP contribution in [0.4, 0.5) is 13.2 Å². The molecule has 2 fully saturated rings. The summed E-state index contributed by atoms with van der Waals surface area (Å²) in [5.41, 5.74) is 0. The minimum absolute atomic E-state index is 0.547. The first-order valence-electron chi connectivity index (χ1n) is 7.18. The molecule has 0 amide bonds.